The van der Waals surface area contributed by atoms with Gasteiger partial charge in [-0.05, 0) is 30.5 Å². The molecule has 152 valence electrons. The van der Waals surface area contributed by atoms with Crippen LogP contribution in [0, 0.1) is 5.92 Å². The van der Waals surface area contributed by atoms with E-state index < -0.39 is 18.2 Å². The predicted molar refractivity (Wildman–Crippen MR) is 101 cm³/mol. The summed E-state index contributed by atoms with van der Waals surface area (Å²) in [6.45, 7) is 1.37. The van der Waals surface area contributed by atoms with E-state index in [1.165, 1.54) is 0 Å². The van der Waals surface area contributed by atoms with Gasteiger partial charge in [-0.1, -0.05) is 12.2 Å². The Morgan fingerprint density at radius 3 is 2.64 bits per heavy atom. The highest BCUT2D eigenvalue weighted by molar-refractivity contribution is 5.79. The van der Waals surface area contributed by atoms with Crippen LogP contribution in [-0.4, -0.2) is 60.0 Å². The quantitative estimate of drug-likeness (QED) is 0.579. The van der Waals surface area contributed by atoms with Crippen molar-refractivity contribution in [2.24, 2.45) is 5.92 Å². The first-order valence-corrected chi connectivity index (χ1v) is 9.64. The molecule has 1 aromatic heterocycles. The van der Waals surface area contributed by atoms with Crippen molar-refractivity contribution in [1.82, 2.24) is 15.6 Å². The third-order valence-corrected chi connectivity index (χ3v) is 4.99. The summed E-state index contributed by atoms with van der Waals surface area (Å²) in [4.78, 5) is 28.5. The maximum absolute atomic E-state index is 12.4. The molecule has 1 aromatic rings. The van der Waals surface area contributed by atoms with Crippen molar-refractivity contribution in [1.29, 1.82) is 0 Å². The lowest BCUT2D eigenvalue weighted by Gasteiger charge is -2.33. The lowest BCUT2D eigenvalue weighted by molar-refractivity contribution is -0.132. The summed E-state index contributed by atoms with van der Waals surface area (Å²) < 4.78 is 11.1. The molecule has 2 amide bonds. The van der Waals surface area contributed by atoms with Crippen molar-refractivity contribution in [2.45, 2.75) is 44.1 Å². The second-order valence-electron chi connectivity index (χ2n) is 7.04. The lowest BCUT2D eigenvalue weighted by Crippen LogP contribution is -2.50. The van der Waals surface area contributed by atoms with E-state index in [-0.39, 0.29) is 30.8 Å². The molecule has 28 heavy (non-hydrogen) atoms. The molecule has 8 nitrogen and oxygen atoms in total. The van der Waals surface area contributed by atoms with E-state index in [1.807, 2.05) is 18.2 Å². The number of ether oxygens (including phenoxy) is 2. The van der Waals surface area contributed by atoms with Crippen molar-refractivity contribution in [3.05, 3.63) is 42.2 Å². The Morgan fingerprint density at radius 2 is 1.93 bits per heavy atom. The van der Waals surface area contributed by atoms with Gasteiger partial charge in [-0.25, -0.2) is 0 Å². The van der Waals surface area contributed by atoms with Crippen molar-refractivity contribution in [3.8, 4) is 0 Å². The number of nitrogens with one attached hydrogen (secondary N) is 2. The fraction of sp³-hybridized carbons (Fsp3) is 0.550. The van der Waals surface area contributed by atoms with Gasteiger partial charge < -0.3 is 25.2 Å². The first-order chi connectivity index (χ1) is 13.7. The average Bonchev–Trinajstić information content (AvgIpc) is 2.74. The minimum atomic E-state index is -0.577. The van der Waals surface area contributed by atoms with E-state index in [9.17, 15) is 14.7 Å². The smallest absolute Gasteiger partial charge is 0.223 e. The number of nitrogens with zero attached hydrogens (tertiary/aromatic N) is 1. The molecule has 8 heteroatoms. The Kier molecular flexibility index (Phi) is 7.53. The molecule has 0 saturated carbocycles. The highest BCUT2D eigenvalue weighted by Gasteiger charge is 2.31. The van der Waals surface area contributed by atoms with Gasteiger partial charge in [0.15, 0.2) is 0 Å². The van der Waals surface area contributed by atoms with Crippen LogP contribution in [0.2, 0.25) is 0 Å². The summed E-state index contributed by atoms with van der Waals surface area (Å²) in [6, 6.07) is 3.27. The normalized spacial score (nSPS) is 25.2. The van der Waals surface area contributed by atoms with Crippen LogP contribution < -0.4 is 10.6 Å². The van der Waals surface area contributed by atoms with Gasteiger partial charge in [0.05, 0.1) is 25.2 Å². The molecule has 0 unspecified atom stereocenters. The first kappa shape index (κ1) is 20.4. The van der Waals surface area contributed by atoms with Crippen molar-refractivity contribution >= 4 is 11.8 Å². The minimum absolute atomic E-state index is 0.0476. The molecular weight excluding hydrogens is 362 g/mol. The summed E-state index contributed by atoms with van der Waals surface area (Å²) in [7, 11) is 0. The second-order valence-corrected chi connectivity index (χ2v) is 7.04. The zero-order valence-electron chi connectivity index (χ0n) is 15.8. The molecule has 3 atom stereocenters. The Hall–Kier alpha value is -2.29. The zero-order valence-corrected chi connectivity index (χ0v) is 15.8. The number of amides is 2. The minimum Gasteiger partial charge on any atom is -0.394 e. The number of aliphatic hydroxyl groups is 1. The highest BCUT2D eigenvalue weighted by Crippen LogP contribution is 2.19. The summed E-state index contributed by atoms with van der Waals surface area (Å²) >= 11 is 0. The molecule has 3 heterocycles. The van der Waals surface area contributed by atoms with Crippen LogP contribution in [0.1, 0.15) is 24.8 Å². The Balaban J connectivity index is 1.48. The van der Waals surface area contributed by atoms with E-state index in [0.29, 0.717) is 32.6 Å². The van der Waals surface area contributed by atoms with E-state index in [2.05, 4.69) is 15.6 Å². The fourth-order valence-corrected chi connectivity index (χ4v) is 3.33. The van der Waals surface area contributed by atoms with Gasteiger partial charge in [-0.15, -0.1) is 0 Å². The number of hydrogen-bond acceptors (Lipinski definition) is 6. The summed E-state index contributed by atoms with van der Waals surface area (Å²) in [5.41, 5.74) is 0.965. The molecule has 3 rings (SSSR count). The number of rotatable bonds is 7. The van der Waals surface area contributed by atoms with Crippen LogP contribution >= 0.6 is 0 Å². The van der Waals surface area contributed by atoms with Gasteiger partial charge in [-0.3, -0.25) is 14.6 Å². The Bertz CT molecular complexity index is 676. The maximum atomic E-state index is 12.4. The number of carbonyl (C=O) groups excluding carboxylic acids is 2. The molecule has 1 saturated heterocycles. The second kappa shape index (κ2) is 10.3. The van der Waals surface area contributed by atoms with Gasteiger partial charge in [0, 0.05) is 38.1 Å². The summed E-state index contributed by atoms with van der Waals surface area (Å²) in [5.74, 6) is -0.264. The van der Waals surface area contributed by atoms with Crippen LogP contribution in [0.5, 0.6) is 0 Å². The van der Waals surface area contributed by atoms with Crippen LogP contribution in [0.4, 0.5) is 0 Å². The average molecular weight is 389 g/mol. The van der Waals surface area contributed by atoms with Gasteiger partial charge in [0.1, 0.15) is 6.10 Å². The molecule has 1 fully saturated rings. The van der Waals surface area contributed by atoms with E-state index >= 15 is 0 Å². The number of hydrogen-bond donors (Lipinski definition) is 3. The molecule has 0 spiro atoms. The van der Waals surface area contributed by atoms with Crippen LogP contribution in [0.25, 0.3) is 0 Å². The van der Waals surface area contributed by atoms with E-state index in [0.717, 1.165) is 5.56 Å². The number of aromatic nitrogens is 1. The summed E-state index contributed by atoms with van der Waals surface area (Å²) in [5, 5.41) is 15.4. The molecule has 2 aliphatic heterocycles. The van der Waals surface area contributed by atoms with Gasteiger partial charge in [-0.2, -0.15) is 0 Å². The van der Waals surface area contributed by atoms with Gasteiger partial charge in [0.2, 0.25) is 11.8 Å². The third kappa shape index (κ3) is 5.85. The summed E-state index contributed by atoms with van der Waals surface area (Å²) in [6.07, 6.45) is 7.47. The van der Waals surface area contributed by atoms with Crippen LogP contribution in [-0.2, 0) is 25.6 Å². The number of carbonyl (C=O) groups is 2. The van der Waals surface area contributed by atoms with E-state index in [1.54, 1.807) is 18.5 Å². The lowest BCUT2D eigenvalue weighted by atomic mass is 9.97. The SMILES string of the molecule is O=C(C[C@@H]1C=C[C@H](NC(=O)C2CCOCC2)[C@@H](CO)O1)NCc1ccncc1. The largest absolute Gasteiger partial charge is 0.394 e. The van der Waals surface area contributed by atoms with Crippen LogP contribution in [0.15, 0.2) is 36.7 Å². The van der Waals surface area contributed by atoms with Crippen molar-refractivity contribution < 1.29 is 24.2 Å². The number of pyridine rings is 1. The predicted octanol–water partition coefficient (Wildman–Crippen LogP) is 0.315. The van der Waals surface area contributed by atoms with Crippen LogP contribution in [0.3, 0.4) is 0 Å². The van der Waals surface area contributed by atoms with Gasteiger partial charge in [0.25, 0.3) is 0 Å². The van der Waals surface area contributed by atoms with Gasteiger partial charge >= 0.3 is 0 Å². The molecule has 2 aliphatic rings. The molecule has 0 radical (unpaired) electrons. The molecule has 3 N–H and O–H groups in total. The molecule has 0 aromatic carbocycles. The fourth-order valence-electron chi connectivity index (χ4n) is 3.33. The van der Waals surface area contributed by atoms with E-state index in [4.69, 9.17) is 9.47 Å². The standard InChI is InChI=1S/C20H27N3O5/c24-13-18-17(23-20(26)15-5-9-27-10-6-15)2-1-16(28-18)11-19(25)22-12-14-3-7-21-8-4-14/h1-4,7-8,15-18,24H,5-6,9-13H2,(H,22,25)(H,23,26)/t16-,17-,18+/m0/s1. The first-order valence-electron chi connectivity index (χ1n) is 9.64. The van der Waals surface area contributed by atoms with Crippen molar-refractivity contribution in [2.75, 3.05) is 19.8 Å². The molecular formula is C20H27N3O5. The third-order valence-electron chi connectivity index (χ3n) is 4.99. The monoisotopic (exact) mass is 389 g/mol. The topological polar surface area (TPSA) is 110 Å². The maximum Gasteiger partial charge on any atom is 0.223 e. The Labute approximate surface area is 164 Å². The number of aliphatic hydroxyl groups excluding tert-OH is 1. The molecule has 0 bridgehead atoms. The molecule has 0 aliphatic carbocycles. The highest BCUT2D eigenvalue weighted by atomic mass is 16.5. The van der Waals surface area contributed by atoms with Crippen molar-refractivity contribution in [3.63, 3.8) is 0 Å². The zero-order chi connectivity index (χ0) is 19.8. The Morgan fingerprint density at radius 1 is 1.18 bits per heavy atom.